The van der Waals surface area contributed by atoms with Crippen LogP contribution in [0.25, 0.3) is 20.9 Å². The van der Waals surface area contributed by atoms with Gasteiger partial charge in [-0.15, -0.1) is 0 Å². The lowest BCUT2D eigenvalue weighted by Crippen LogP contribution is -2.60. The Bertz CT molecular complexity index is 1310. The Morgan fingerprint density at radius 1 is 0.733 bits per heavy atom. The SMILES string of the molecule is CC(=O)OCC1O[C@@H](S[C@@H]2OC(COC(C)=O)[C@H](OC(C)=O)C(N=[N+]=[N-])C2OC(C)=O)C(OC(C)=O)C(N=[N+]=[N-])=C1OC(C)=O. The average molecular weight is 659 g/mol. The fourth-order valence-electron chi connectivity index (χ4n) is 4.17. The van der Waals surface area contributed by atoms with Gasteiger partial charge in [0.2, 0.25) is 0 Å². The lowest BCUT2D eigenvalue weighted by atomic mass is 9.97. The molecule has 1 fully saturated rings. The molecule has 21 heteroatoms. The molecule has 2 rings (SSSR count). The van der Waals surface area contributed by atoms with Crippen molar-refractivity contribution in [2.45, 2.75) is 89.0 Å². The van der Waals surface area contributed by atoms with Gasteiger partial charge in [0.15, 0.2) is 12.2 Å². The fourth-order valence-corrected chi connectivity index (χ4v) is 5.54. The predicted molar refractivity (Wildman–Crippen MR) is 146 cm³/mol. The molecular formula is C24H30N6O14S. The number of azide groups is 2. The van der Waals surface area contributed by atoms with Gasteiger partial charge in [0, 0.05) is 51.4 Å². The fraction of sp³-hybridized carbons (Fsp3) is 0.667. The maximum Gasteiger partial charge on any atom is 0.307 e. The molecule has 8 atom stereocenters. The van der Waals surface area contributed by atoms with Gasteiger partial charge in [-0.2, -0.15) is 0 Å². The van der Waals surface area contributed by atoms with Crippen molar-refractivity contribution in [3.63, 3.8) is 0 Å². The van der Waals surface area contributed by atoms with Crippen molar-refractivity contribution in [2.75, 3.05) is 13.2 Å². The molecular weight excluding hydrogens is 628 g/mol. The Hall–Kier alpha value is -4.55. The second-order valence-electron chi connectivity index (χ2n) is 9.18. The van der Waals surface area contributed by atoms with Crippen molar-refractivity contribution < 1.29 is 66.7 Å². The molecule has 2 aliphatic heterocycles. The minimum absolute atomic E-state index is 0.416. The number of carbonyl (C=O) groups excluding carboxylic acids is 6. The summed E-state index contributed by atoms with van der Waals surface area (Å²) in [5.41, 5.74) is 15.4. The number of hydrogen-bond donors (Lipinski definition) is 0. The average Bonchev–Trinajstić information content (AvgIpc) is 2.92. The molecule has 2 heterocycles. The molecule has 0 amide bonds. The van der Waals surface area contributed by atoms with E-state index in [1.165, 1.54) is 0 Å². The van der Waals surface area contributed by atoms with Crippen LogP contribution >= 0.6 is 11.8 Å². The summed E-state index contributed by atoms with van der Waals surface area (Å²) in [6, 6.07) is -1.45. The molecule has 2 aliphatic rings. The normalized spacial score (nSPS) is 27.4. The largest absolute Gasteiger partial charge is 0.463 e. The molecule has 0 spiro atoms. The van der Waals surface area contributed by atoms with Gasteiger partial charge in [-0.25, -0.2) is 0 Å². The van der Waals surface area contributed by atoms with Gasteiger partial charge < -0.3 is 37.9 Å². The van der Waals surface area contributed by atoms with E-state index in [1.807, 2.05) is 0 Å². The first-order valence-corrected chi connectivity index (χ1v) is 13.9. The van der Waals surface area contributed by atoms with E-state index >= 15 is 0 Å². The van der Waals surface area contributed by atoms with Crippen molar-refractivity contribution in [3.05, 3.63) is 32.3 Å². The highest BCUT2D eigenvalue weighted by atomic mass is 32.2. The van der Waals surface area contributed by atoms with Crippen LogP contribution in [-0.2, 0) is 66.7 Å². The molecule has 1 saturated heterocycles. The summed E-state index contributed by atoms with van der Waals surface area (Å²) < 4.78 is 43.5. The summed E-state index contributed by atoms with van der Waals surface area (Å²) in [5.74, 6) is -5.36. The van der Waals surface area contributed by atoms with Crippen LogP contribution in [0.4, 0.5) is 0 Å². The van der Waals surface area contributed by atoms with Crippen LogP contribution in [0.2, 0.25) is 0 Å². The highest BCUT2D eigenvalue weighted by Crippen LogP contribution is 2.42. The highest BCUT2D eigenvalue weighted by molar-refractivity contribution is 8.00. The van der Waals surface area contributed by atoms with Gasteiger partial charge in [-0.1, -0.05) is 22.0 Å². The molecule has 0 N–H and O–H groups in total. The number of rotatable bonds is 12. The van der Waals surface area contributed by atoms with Crippen LogP contribution in [0.5, 0.6) is 0 Å². The molecule has 20 nitrogen and oxygen atoms in total. The first kappa shape index (κ1) is 36.6. The zero-order valence-corrected chi connectivity index (χ0v) is 25.7. The van der Waals surface area contributed by atoms with Gasteiger partial charge in [0.1, 0.15) is 59.9 Å². The first-order chi connectivity index (χ1) is 21.2. The highest BCUT2D eigenvalue weighted by Gasteiger charge is 2.53. The van der Waals surface area contributed by atoms with Crippen LogP contribution in [0, 0.1) is 0 Å². The Kier molecular flexibility index (Phi) is 13.9. The number of thioether (sulfide) groups is 1. The van der Waals surface area contributed by atoms with Crippen LogP contribution in [-0.4, -0.2) is 96.5 Å². The topological polar surface area (TPSA) is 274 Å². The Morgan fingerprint density at radius 3 is 1.82 bits per heavy atom. The van der Waals surface area contributed by atoms with Crippen LogP contribution < -0.4 is 0 Å². The Morgan fingerprint density at radius 2 is 1.31 bits per heavy atom. The van der Waals surface area contributed by atoms with Crippen molar-refractivity contribution in [2.24, 2.45) is 10.2 Å². The first-order valence-electron chi connectivity index (χ1n) is 12.9. The predicted octanol–water partition coefficient (Wildman–Crippen LogP) is 1.85. The van der Waals surface area contributed by atoms with E-state index in [4.69, 9.17) is 37.9 Å². The van der Waals surface area contributed by atoms with Gasteiger partial charge >= 0.3 is 35.8 Å². The lowest BCUT2D eigenvalue weighted by molar-refractivity contribution is -0.201. The summed E-state index contributed by atoms with van der Waals surface area (Å²) in [4.78, 5) is 76.9. The maximum absolute atomic E-state index is 12.2. The monoisotopic (exact) mass is 658 g/mol. The van der Waals surface area contributed by atoms with Crippen molar-refractivity contribution >= 4 is 47.6 Å². The lowest BCUT2D eigenvalue weighted by Gasteiger charge is -2.45. The summed E-state index contributed by atoms with van der Waals surface area (Å²) in [5, 5.41) is 7.23. The quantitative estimate of drug-likeness (QED) is 0.0951. The number of hydrogen-bond acceptors (Lipinski definition) is 17. The Balaban J connectivity index is 2.70. The Labute approximate surface area is 259 Å². The molecule has 0 saturated carbocycles. The zero-order chi connectivity index (χ0) is 33.8. The molecule has 0 radical (unpaired) electrons. The molecule has 246 valence electrons. The number of nitrogens with zero attached hydrogens (tertiary/aromatic N) is 6. The summed E-state index contributed by atoms with van der Waals surface area (Å²) in [6.07, 6.45) is -7.23. The summed E-state index contributed by atoms with van der Waals surface area (Å²) in [7, 11) is 0. The molecule has 0 aromatic heterocycles. The van der Waals surface area contributed by atoms with Gasteiger partial charge in [0.05, 0.1) is 0 Å². The van der Waals surface area contributed by atoms with E-state index < -0.39 is 108 Å². The van der Waals surface area contributed by atoms with Crippen molar-refractivity contribution in [1.29, 1.82) is 0 Å². The standard InChI is InChI=1S/C24H30N6O14S/c1-9(31)37-7-15-19(39-11(3)33)17(27-29-25)21(41-13(5)35)23(43-15)45-24-22(42-14(6)36)18(28-30-26)20(40-12(4)34)16(44-24)8-38-10(2)32/h15-17,19,21-24H,7-8H2,1-6H3/t15?,16?,17?,19-,21?,22?,23-,24-/m0/s1. The van der Waals surface area contributed by atoms with Crippen molar-refractivity contribution in [1.82, 2.24) is 0 Å². The summed E-state index contributed by atoms with van der Waals surface area (Å²) in [6.45, 7) is 5.30. The third kappa shape index (κ3) is 10.8. The molecule has 0 aliphatic carbocycles. The van der Waals surface area contributed by atoms with Crippen LogP contribution in [0.1, 0.15) is 41.5 Å². The molecule has 0 aromatic carbocycles. The van der Waals surface area contributed by atoms with E-state index in [0.29, 0.717) is 11.8 Å². The van der Waals surface area contributed by atoms with E-state index in [1.54, 1.807) is 0 Å². The number of esters is 6. The smallest absolute Gasteiger partial charge is 0.307 e. The second kappa shape index (κ2) is 17.1. The molecule has 45 heavy (non-hydrogen) atoms. The summed E-state index contributed by atoms with van der Waals surface area (Å²) >= 11 is 0.657. The maximum atomic E-state index is 12.2. The van der Waals surface area contributed by atoms with Gasteiger partial charge in [-0.3, -0.25) is 28.8 Å². The van der Waals surface area contributed by atoms with E-state index in [-0.39, 0.29) is 0 Å². The van der Waals surface area contributed by atoms with Gasteiger partial charge in [0.25, 0.3) is 0 Å². The van der Waals surface area contributed by atoms with E-state index in [0.717, 1.165) is 41.5 Å². The number of carbonyl (C=O) groups is 6. The van der Waals surface area contributed by atoms with Crippen LogP contribution in [0.3, 0.4) is 0 Å². The minimum Gasteiger partial charge on any atom is -0.463 e. The van der Waals surface area contributed by atoms with E-state index in [9.17, 15) is 39.8 Å². The molecule has 0 aromatic rings. The minimum atomic E-state index is -1.61. The third-order valence-electron chi connectivity index (χ3n) is 5.62. The number of ether oxygens (including phenoxy) is 8. The third-order valence-corrected chi connectivity index (χ3v) is 6.90. The molecule has 0 bridgehead atoms. The second-order valence-corrected chi connectivity index (χ2v) is 10.4. The van der Waals surface area contributed by atoms with Crippen LogP contribution in [0.15, 0.2) is 21.7 Å². The zero-order valence-electron chi connectivity index (χ0n) is 24.8. The van der Waals surface area contributed by atoms with Crippen molar-refractivity contribution in [3.8, 4) is 0 Å². The van der Waals surface area contributed by atoms with Gasteiger partial charge in [-0.05, 0) is 11.1 Å². The van der Waals surface area contributed by atoms with E-state index in [2.05, 4.69) is 20.1 Å². The molecule has 5 unspecified atom stereocenters.